The zero-order valence-electron chi connectivity index (χ0n) is 14.2. The number of rotatable bonds is 8. The number of hydrogen-bond donors (Lipinski definition) is 0. The zero-order valence-corrected chi connectivity index (χ0v) is 14.2. The Balaban J connectivity index is 1.51. The van der Waals surface area contributed by atoms with Crippen molar-refractivity contribution in [3.05, 3.63) is 101 Å². The Morgan fingerprint density at radius 1 is 0.542 bits per heavy atom. The Kier molecular flexibility index (Phi) is 6.18. The highest BCUT2D eigenvalue weighted by Gasteiger charge is 2.03. The number of pyridine rings is 1. The van der Waals surface area contributed by atoms with Gasteiger partial charge in [-0.3, -0.25) is 4.98 Å². The molecule has 0 bridgehead atoms. The number of nitrogens with zero attached hydrogens (tertiary/aromatic N) is 1. The lowest BCUT2D eigenvalue weighted by Gasteiger charge is -2.10. The average molecular weight is 315 g/mol. The van der Waals surface area contributed by atoms with Crippen LogP contribution < -0.4 is 0 Å². The second-order valence-electron chi connectivity index (χ2n) is 6.32. The molecule has 1 heterocycles. The molecule has 122 valence electrons. The monoisotopic (exact) mass is 315 g/mol. The van der Waals surface area contributed by atoms with Crippen molar-refractivity contribution in [2.45, 2.75) is 38.5 Å². The van der Waals surface area contributed by atoms with Crippen molar-refractivity contribution < 1.29 is 0 Å². The summed E-state index contributed by atoms with van der Waals surface area (Å²) < 4.78 is 0. The molecule has 0 aliphatic heterocycles. The Morgan fingerprint density at radius 2 is 1.12 bits per heavy atom. The first kappa shape index (κ1) is 16.4. The molecule has 0 N–H and O–H groups in total. The predicted octanol–water partition coefficient (Wildman–Crippen LogP) is 5.43. The average Bonchev–Trinajstić information content (AvgIpc) is 2.65. The fourth-order valence-corrected chi connectivity index (χ4v) is 3.20. The van der Waals surface area contributed by atoms with Crippen LogP contribution in [0, 0.1) is 0 Å². The number of hydrogen-bond acceptors (Lipinski definition) is 1. The first-order chi connectivity index (χ1) is 11.9. The molecule has 3 aromatic rings. The molecule has 0 unspecified atom stereocenters. The van der Waals surface area contributed by atoms with Gasteiger partial charge in [0.15, 0.2) is 0 Å². The van der Waals surface area contributed by atoms with Crippen molar-refractivity contribution in [1.29, 1.82) is 0 Å². The molecule has 0 saturated carbocycles. The summed E-state index contributed by atoms with van der Waals surface area (Å²) in [6.45, 7) is 0. The van der Waals surface area contributed by atoms with Crippen LogP contribution in [0.15, 0.2) is 79.1 Å². The highest BCUT2D eigenvalue weighted by Crippen LogP contribution is 2.16. The van der Waals surface area contributed by atoms with Crippen LogP contribution in [0.1, 0.15) is 35.1 Å². The maximum Gasteiger partial charge on any atom is 0.0299 e. The SMILES string of the molecule is c1ccc(CCCc2ccccc2CCCc2cccnc2)cc1. The molecule has 0 fully saturated rings. The maximum atomic E-state index is 4.20. The fraction of sp³-hybridized carbons (Fsp3) is 0.261. The number of aryl methyl sites for hydroxylation is 4. The van der Waals surface area contributed by atoms with Gasteiger partial charge in [-0.2, -0.15) is 0 Å². The van der Waals surface area contributed by atoms with Gasteiger partial charge in [0.2, 0.25) is 0 Å². The molecular formula is C23H25N. The van der Waals surface area contributed by atoms with Gasteiger partial charge in [-0.25, -0.2) is 0 Å². The number of benzene rings is 2. The third kappa shape index (κ3) is 5.06. The summed E-state index contributed by atoms with van der Waals surface area (Å²) in [5, 5.41) is 0. The smallest absolute Gasteiger partial charge is 0.0299 e. The van der Waals surface area contributed by atoms with Crippen molar-refractivity contribution in [2.24, 2.45) is 0 Å². The van der Waals surface area contributed by atoms with E-state index in [1.54, 1.807) is 0 Å². The van der Waals surface area contributed by atoms with Crippen LogP contribution in [0.3, 0.4) is 0 Å². The topological polar surface area (TPSA) is 12.9 Å². The van der Waals surface area contributed by atoms with E-state index in [9.17, 15) is 0 Å². The van der Waals surface area contributed by atoms with Crippen molar-refractivity contribution in [3.8, 4) is 0 Å². The van der Waals surface area contributed by atoms with Crippen molar-refractivity contribution >= 4 is 0 Å². The highest BCUT2D eigenvalue weighted by molar-refractivity contribution is 5.28. The molecule has 24 heavy (non-hydrogen) atoms. The van der Waals surface area contributed by atoms with Gasteiger partial charge in [-0.1, -0.05) is 60.7 Å². The second-order valence-corrected chi connectivity index (χ2v) is 6.32. The molecule has 0 radical (unpaired) electrons. The summed E-state index contributed by atoms with van der Waals surface area (Å²) in [5.74, 6) is 0. The zero-order chi connectivity index (χ0) is 16.5. The Hall–Kier alpha value is -2.41. The summed E-state index contributed by atoms with van der Waals surface area (Å²) in [7, 11) is 0. The fourth-order valence-electron chi connectivity index (χ4n) is 3.20. The van der Waals surface area contributed by atoms with Gasteiger partial charge in [-0.05, 0) is 66.8 Å². The summed E-state index contributed by atoms with van der Waals surface area (Å²) in [6.07, 6.45) is 10.8. The van der Waals surface area contributed by atoms with Crippen molar-refractivity contribution in [1.82, 2.24) is 4.98 Å². The molecule has 1 heteroatoms. The first-order valence-electron chi connectivity index (χ1n) is 8.91. The molecule has 0 saturated heterocycles. The predicted molar refractivity (Wildman–Crippen MR) is 101 cm³/mol. The molecule has 0 aliphatic rings. The van der Waals surface area contributed by atoms with E-state index in [1.165, 1.54) is 35.1 Å². The quantitative estimate of drug-likeness (QED) is 0.540. The van der Waals surface area contributed by atoms with Gasteiger partial charge < -0.3 is 0 Å². The molecular weight excluding hydrogens is 290 g/mol. The van der Waals surface area contributed by atoms with Crippen LogP contribution in [0.2, 0.25) is 0 Å². The van der Waals surface area contributed by atoms with Gasteiger partial charge in [0.1, 0.15) is 0 Å². The van der Waals surface area contributed by atoms with Crippen LogP contribution in [0.5, 0.6) is 0 Å². The molecule has 0 amide bonds. The van der Waals surface area contributed by atoms with Gasteiger partial charge in [0.25, 0.3) is 0 Å². The molecule has 0 spiro atoms. The normalized spacial score (nSPS) is 10.7. The molecule has 2 aromatic carbocycles. The van der Waals surface area contributed by atoms with E-state index in [-0.39, 0.29) is 0 Å². The molecule has 3 rings (SSSR count). The van der Waals surface area contributed by atoms with Gasteiger partial charge in [-0.15, -0.1) is 0 Å². The highest BCUT2D eigenvalue weighted by atomic mass is 14.6. The van der Waals surface area contributed by atoms with E-state index in [4.69, 9.17) is 0 Å². The molecule has 1 aromatic heterocycles. The lowest BCUT2D eigenvalue weighted by molar-refractivity contribution is 0.778. The summed E-state index contributed by atoms with van der Waals surface area (Å²) in [5.41, 5.74) is 5.79. The van der Waals surface area contributed by atoms with Gasteiger partial charge in [0.05, 0.1) is 0 Å². The van der Waals surface area contributed by atoms with E-state index >= 15 is 0 Å². The summed E-state index contributed by atoms with van der Waals surface area (Å²) >= 11 is 0. The third-order valence-electron chi connectivity index (χ3n) is 4.51. The van der Waals surface area contributed by atoms with Crippen LogP contribution in [-0.4, -0.2) is 4.98 Å². The third-order valence-corrected chi connectivity index (χ3v) is 4.51. The maximum absolute atomic E-state index is 4.20. The second kappa shape index (κ2) is 9.02. The standard InChI is InChI=1S/C23H25N/c1-2-9-20(10-3-1)11-6-16-22-14-4-5-15-23(22)17-7-12-21-13-8-18-24-19-21/h1-5,8-10,13-15,18-19H,6-7,11-12,16-17H2. The van der Waals surface area contributed by atoms with Gasteiger partial charge >= 0.3 is 0 Å². The van der Waals surface area contributed by atoms with Crippen LogP contribution in [0.4, 0.5) is 0 Å². The van der Waals surface area contributed by atoms with Gasteiger partial charge in [0, 0.05) is 12.4 Å². The summed E-state index contributed by atoms with van der Waals surface area (Å²) in [4.78, 5) is 4.20. The lowest BCUT2D eigenvalue weighted by Crippen LogP contribution is -1.98. The molecule has 1 nitrogen and oxygen atoms in total. The largest absolute Gasteiger partial charge is 0.264 e. The first-order valence-corrected chi connectivity index (χ1v) is 8.91. The van der Waals surface area contributed by atoms with E-state index in [0.29, 0.717) is 0 Å². The van der Waals surface area contributed by atoms with E-state index in [2.05, 4.69) is 65.6 Å². The number of aromatic nitrogens is 1. The Labute approximate surface area is 145 Å². The minimum Gasteiger partial charge on any atom is -0.264 e. The van der Waals surface area contributed by atoms with Crippen molar-refractivity contribution in [2.75, 3.05) is 0 Å². The Bertz CT molecular complexity index is 655. The van der Waals surface area contributed by atoms with E-state index in [0.717, 1.165) is 25.7 Å². The van der Waals surface area contributed by atoms with Crippen LogP contribution in [-0.2, 0) is 25.7 Å². The van der Waals surface area contributed by atoms with E-state index < -0.39 is 0 Å². The molecule has 0 atom stereocenters. The van der Waals surface area contributed by atoms with Crippen LogP contribution >= 0.6 is 0 Å². The summed E-state index contributed by atoms with van der Waals surface area (Å²) in [6, 6.07) is 23.9. The molecule has 0 aliphatic carbocycles. The van der Waals surface area contributed by atoms with E-state index in [1.807, 2.05) is 18.5 Å². The lowest BCUT2D eigenvalue weighted by atomic mass is 9.96. The van der Waals surface area contributed by atoms with Crippen LogP contribution in [0.25, 0.3) is 0 Å². The Morgan fingerprint density at radius 3 is 1.75 bits per heavy atom. The minimum absolute atomic E-state index is 1.10. The van der Waals surface area contributed by atoms with Crippen molar-refractivity contribution in [3.63, 3.8) is 0 Å². The minimum atomic E-state index is 1.10.